The molecule has 1 fully saturated rings. The first-order valence-electron chi connectivity index (χ1n) is 5.31. The van der Waals surface area contributed by atoms with Crippen molar-refractivity contribution in [1.29, 1.82) is 0 Å². The van der Waals surface area contributed by atoms with E-state index in [1.807, 2.05) is 12.1 Å². The van der Waals surface area contributed by atoms with E-state index in [2.05, 4.69) is 15.9 Å². The lowest BCUT2D eigenvalue weighted by molar-refractivity contribution is -0.128. The Morgan fingerprint density at radius 1 is 1.44 bits per heavy atom. The fraction of sp³-hybridized carbons (Fsp3) is 0.417. The molecule has 1 aliphatic heterocycles. The number of amides is 1. The average molecular weight is 284 g/mol. The molecule has 1 aliphatic rings. The van der Waals surface area contributed by atoms with Crippen molar-refractivity contribution in [2.24, 2.45) is 5.92 Å². The molecule has 0 spiro atoms. The molecule has 1 unspecified atom stereocenters. The number of benzene rings is 1. The molecule has 1 N–H and O–H groups in total. The van der Waals surface area contributed by atoms with Crippen LogP contribution in [0.4, 0.5) is 0 Å². The van der Waals surface area contributed by atoms with Crippen molar-refractivity contribution in [3.05, 3.63) is 29.8 Å². The molecule has 0 aliphatic carbocycles. The summed E-state index contributed by atoms with van der Waals surface area (Å²) < 4.78 is 0. The number of nitrogens with zero attached hydrogens (tertiary/aromatic N) is 1. The van der Waals surface area contributed by atoms with Gasteiger partial charge in [-0.1, -0.05) is 34.1 Å². The molecule has 3 nitrogen and oxygen atoms in total. The standard InChI is InChI=1S/C12H14BrNO2/c13-6-9-5-12(16)14(7-9)8-10-3-1-2-4-11(10)15/h1-4,9,15H,5-8H2. The number of aromatic hydroxyl groups is 1. The third-order valence-electron chi connectivity index (χ3n) is 2.87. The largest absolute Gasteiger partial charge is 0.508 e. The molecule has 1 atom stereocenters. The zero-order chi connectivity index (χ0) is 11.5. The number of phenols is 1. The first kappa shape index (κ1) is 11.5. The van der Waals surface area contributed by atoms with Crippen LogP contribution in [0.5, 0.6) is 5.75 Å². The third kappa shape index (κ3) is 2.38. The van der Waals surface area contributed by atoms with Crippen LogP contribution in [0.3, 0.4) is 0 Å². The molecule has 0 saturated carbocycles. The summed E-state index contributed by atoms with van der Waals surface area (Å²) in [7, 11) is 0. The highest BCUT2D eigenvalue weighted by molar-refractivity contribution is 9.09. The lowest BCUT2D eigenvalue weighted by Crippen LogP contribution is -2.24. The molecule has 2 rings (SSSR count). The summed E-state index contributed by atoms with van der Waals surface area (Å²) in [4.78, 5) is 13.5. The summed E-state index contributed by atoms with van der Waals surface area (Å²) in [6.45, 7) is 1.29. The van der Waals surface area contributed by atoms with Gasteiger partial charge in [0.2, 0.25) is 5.91 Å². The van der Waals surface area contributed by atoms with E-state index in [-0.39, 0.29) is 11.7 Å². The number of hydrogen-bond donors (Lipinski definition) is 1. The fourth-order valence-corrected chi connectivity index (χ4v) is 2.39. The molecule has 1 amide bonds. The van der Waals surface area contributed by atoms with Gasteiger partial charge in [-0.05, 0) is 12.0 Å². The van der Waals surface area contributed by atoms with Crippen LogP contribution in [0, 0.1) is 5.92 Å². The van der Waals surface area contributed by atoms with Gasteiger partial charge in [-0.15, -0.1) is 0 Å². The van der Waals surface area contributed by atoms with Gasteiger partial charge in [0.15, 0.2) is 0 Å². The minimum Gasteiger partial charge on any atom is -0.508 e. The number of rotatable bonds is 3. The van der Waals surface area contributed by atoms with Crippen LogP contribution in [0.1, 0.15) is 12.0 Å². The molecule has 0 bridgehead atoms. The molecule has 0 aromatic heterocycles. The summed E-state index contributed by atoms with van der Waals surface area (Å²) in [6, 6.07) is 7.16. The monoisotopic (exact) mass is 283 g/mol. The van der Waals surface area contributed by atoms with Crippen molar-refractivity contribution in [3.63, 3.8) is 0 Å². The van der Waals surface area contributed by atoms with Crippen molar-refractivity contribution >= 4 is 21.8 Å². The van der Waals surface area contributed by atoms with Crippen LogP contribution in [0.2, 0.25) is 0 Å². The van der Waals surface area contributed by atoms with Gasteiger partial charge in [-0.25, -0.2) is 0 Å². The third-order valence-corrected chi connectivity index (χ3v) is 3.78. The SMILES string of the molecule is O=C1CC(CBr)CN1Cc1ccccc1O. The Labute approximate surface area is 103 Å². The van der Waals surface area contributed by atoms with Gasteiger partial charge >= 0.3 is 0 Å². The molecule has 1 aromatic rings. The Kier molecular flexibility index (Phi) is 3.49. The highest BCUT2D eigenvalue weighted by atomic mass is 79.9. The average Bonchev–Trinajstić information content (AvgIpc) is 2.63. The van der Waals surface area contributed by atoms with Crippen molar-refractivity contribution in [1.82, 2.24) is 4.90 Å². The van der Waals surface area contributed by atoms with E-state index in [4.69, 9.17) is 0 Å². The second-order valence-electron chi connectivity index (χ2n) is 4.13. The van der Waals surface area contributed by atoms with E-state index in [1.165, 1.54) is 0 Å². The Hall–Kier alpha value is -1.03. The van der Waals surface area contributed by atoms with E-state index in [0.717, 1.165) is 17.4 Å². The van der Waals surface area contributed by atoms with Crippen LogP contribution >= 0.6 is 15.9 Å². The van der Waals surface area contributed by atoms with E-state index in [9.17, 15) is 9.90 Å². The van der Waals surface area contributed by atoms with Gasteiger partial charge in [-0.3, -0.25) is 4.79 Å². The Bertz CT molecular complexity index is 394. The Morgan fingerprint density at radius 2 is 2.19 bits per heavy atom. The topological polar surface area (TPSA) is 40.5 Å². The van der Waals surface area contributed by atoms with Crippen molar-refractivity contribution in [3.8, 4) is 5.75 Å². The minimum atomic E-state index is 0.174. The van der Waals surface area contributed by atoms with Crippen molar-refractivity contribution in [2.45, 2.75) is 13.0 Å². The molecule has 4 heteroatoms. The number of phenolic OH excluding ortho intramolecular Hbond substituents is 1. The van der Waals surface area contributed by atoms with Gasteiger partial charge < -0.3 is 10.0 Å². The smallest absolute Gasteiger partial charge is 0.223 e. The first-order chi connectivity index (χ1) is 7.70. The molecule has 1 heterocycles. The Balaban J connectivity index is 2.06. The van der Waals surface area contributed by atoms with Gasteiger partial charge in [0.1, 0.15) is 5.75 Å². The molecular formula is C12H14BrNO2. The van der Waals surface area contributed by atoms with Crippen LogP contribution < -0.4 is 0 Å². The Morgan fingerprint density at radius 3 is 2.81 bits per heavy atom. The summed E-state index contributed by atoms with van der Waals surface area (Å²) in [5, 5.41) is 10.5. The summed E-state index contributed by atoms with van der Waals surface area (Å²) in [6.07, 6.45) is 0.610. The number of hydrogen-bond acceptors (Lipinski definition) is 2. The molecule has 1 saturated heterocycles. The van der Waals surface area contributed by atoms with E-state index in [1.54, 1.807) is 17.0 Å². The number of likely N-dealkylation sites (tertiary alicyclic amines) is 1. The lowest BCUT2D eigenvalue weighted by atomic mass is 10.1. The predicted octanol–water partition coefficient (Wildman–Crippen LogP) is 2.14. The van der Waals surface area contributed by atoms with Crippen LogP contribution in [-0.2, 0) is 11.3 Å². The van der Waals surface area contributed by atoms with Gasteiger partial charge in [-0.2, -0.15) is 0 Å². The van der Waals surface area contributed by atoms with Gasteiger partial charge in [0, 0.05) is 30.4 Å². The van der Waals surface area contributed by atoms with Crippen molar-refractivity contribution in [2.75, 3.05) is 11.9 Å². The normalized spacial score (nSPS) is 20.4. The number of alkyl halides is 1. The van der Waals surface area contributed by atoms with Crippen LogP contribution in [-0.4, -0.2) is 27.8 Å². The maximum Gasteiger partial charge on any atom is 0.223 e. The van der Waals surface area contributed by atoms with E-state index >= 15 is 0 Å². The van der Waals surface area contributed by atoms with E-state index in [0.29, 0.717) is 18.9 Å². The first-order valence-corrected chi connectivity index (χ1v) is 6.43. The molecule has 86 valence electrons. The molecule has 0 radical (unpaired) electrons. The maximum atomic E-state index is 11.7. The van der Waals surface area contributed by atoms with Crippen LogP contribution in [0.15, 0.2) is 24.3 Å². The highest BCUT2D eigenvalue weighted by Crippen LogP contribution is 2.24. The zero-order valence-electron chi connectivity index (χ0n) is 8.90. The maximum absolute atomic E-state index is 11.7. The molecule has 1 aromatic carbocycles. The van der Waals surface area contributed by atoms with Crippen molar-refractivity contribution < 1.29 is 9.90 Å². The predicted molar refractivity (Wildman–Crippen MR) is 65.4 cm³/mol. The van der Waals surface area contributed by atoms with Gasteiger partial charge in [0.25, 0.3) is 0 Å². The second-order valence-corrected chi connectivity index (χ2v) is 4.77. The molecular weight excluding hydrogens is 270 g/mol. The molecule has 16 heavy (non-hydrogen) atoms. The number of para-hydroxylation sites is 1. The highest BCUT2D eigenvalue weighted by Gasteiger charge is 2.28. The summed E-state index contributed by atoms with van der Waals surface area (Å²) >= 11 is 3.40. The van der Waals surface area contributed by atoms with E-state index < -0.39 is 0 Å². The number of carbonyl (C=O) groups is 1. The second kappa shape index (κ2) is 4.87. The van der Waals surface area contributed by atoms with Gasteiger partial charge in [0.05, 0.1) is 0 Å². The number of halogens is 1. The minimum absolute atomic E-state index is 0.174. The quantitative estimate of drug-likeness (QED) is 0.864. The lowest BCUT2D eigenvalue weighted by Gasteiger charge is -2.16. The number of carbonyl (C=O) groups excluding carboxylic acids is 1. The van der Waals surface area contributed by atoms with Crippen LogP contribution in [0.25, 0.3) is 0 Å². The zero-order valence-corrected chi connectivity index (χ0v) is 10.5. The summed E-state index contributed by atoms with van der Waals surface area (Å²) in [5.41, 5.74) is 0.811. The fourth-order valence-electron chi connectivity index (χ4n) is 1.96. The summed E-state index contributed by atoms with van der Waals surface area (Å²) in [5.74, 6) is 0.837.